The van der Waals surface area contributed by atoms with Gasteiger partial charge in [0.05, 0.1) is 5.60 Å². The minimum atomic E-state index is -0.0521. The van der Waals surface area contributed by atoms with E-state index in [2.05, 4.69) is 38.2 Å². The average Bonchev–Trinajstić information content (AvgIpc) is 2.38. The Morgan fingerprint density at radius 1 is 1.20 bits per heavy atom. The molecule has 10 heavy (non-hydrogen) atoms. The van der Waals surface area contributed by atoms with Crippen LogP contribution in [0.25, 0.3) is 0 Å². The molecule has 0 unspecified atom stereocenters. The SMILES string of the molecule is COC(C)(C)C1C=CC=C1. The Hall–Kier alpha value is -0.560. The van der Waals surface area contributed by atoms with E-state index in [1.807, 2.05) is 0 Å². The van der Waals surface area contributed by atoms with Crippen LogP contribution >= 0.6 is 0 Å². The number of hydrogen-bond acceptors (Lipinski definition) is 1. The van der Waals surface area contributed by atoms with Gasteiger partial charge in [0.15, 0.2) is 0 Å². The first-order valence-electron chi connectivity index (χ1n) is 3.57. The molecule has 0 heterocycles. The molecule has 1 aliphatic carbocycles. The molecule has 56 valence electrons. The highest BCUT2D eigenvalue weighted by Gasteiger charge is 2.25. The van der Waals surface area contributed by atoms with Crippen molar-refractivity contribution >= 4 is 0 Å². The lowest BCUT2D eigenvalue weighted by Crippen LogP contribution is -2.29. The molecule has 0 aliphatic heterocycles. The minimum absolute atomic E-state index is 0.0521. The fourth-order valence-electron chi connectivity index (χ4n) is 1.03. The average molecular weight is 138 g/mol. The van der Waals surface area contributed by atoms with Gasteiger partial charge < -0.3 is 4.74 Å². The van der Waals surface area contributed by atoms with Crippen LogP contribution in [-0.2, 0) is 4.74 Å². The molecule has 1 aliphatic rings. The third-order valence-electron chi connectivity index (χ3n) is 2.08. The molecule has 0 atom stereocenters. The maximum Gasteiger partial charge on any atom is 0.0719 e. The Labute approximate surface area is 62.4 Å². The molecular formula is C9H14O. The lowest BCUT2D eigenvalue weighted by atomic mass is 9.92. The predicted molar refractivity (Wildman–Crippen MR) is 42.9 cm³/mol. The highest BCUT2D eigenvalue weighted by Crippen LogP contribution is 2.25. The zero-order valence-electron chi connectivity index (χ0n) is 6.79. The van der Waals surface area contributed by atoms with Gasteiger partial charge in [0, 0.05) is 13.0 Å². The Morgan fingerprint density at radius 3 is 2.10 bits per heavy atom. The summed E-state index contributed by atoms with van der Waals surface area (Å²) in [4.78, 5) is 0. The van der Waals surface area contributed by atoms with E-state index >= 15 is 0 Å². The van der Waals surface area contributed by atoms with Crippen LogP contribution in [0.1, 0.15) is 13.8 Å². The lowest BCUT2D eigenvalue weighted by molar-refractivity contribution is 0.00228. The lowest BCUT2D eigenvalue weighted by Gasteiger charge is -2.27. The fraction of sp³-hybridized carbons (Fsp3) is 0.556. The first kappa shape index (κ1) is 7.55. The zero-order chi connectivity index (χ0) is 7.61. The van der Waals surface area contributed by atoms with Gasteiger partial charge in [-0.1, -0.05) is 24.3 Å². The summed E-state index contributed by atoms with van der Waals surface area (Å²) in [5.74, 6) is 0.442. The highest BCUT2D eigenvalue weighted by atomic mass is 16.5. The Bertz CT molecular complexity index is 154. The zero-order valence-corrected chi connectivity index (χ0v) is 6.79. The normalized spacial score (nSPS) is 18.7. The summed E-state index contributed by atoms with van der Waals surface area (Å²) in [6, 6.07) is 0. The molecule has 0 N–H and O–H groups in total. The molecule has 0 spiro atoms. The van der Waals surface area contributed by atoms with Crippen molar-refractivity contribution in [3.8, 4) is 0 Å². The van der Waals surface area contributed by atoms with Gasteiger partial charge >= 0.3 is 0 Å². The van der Waals surface area contributed by atoms with Crippen LogP contribution in [0.15, 0.2) is 24.3 Å². The number of ether oxygens (including phenoxy) is 1. The molecule has 0 aromatic heterocycles. The fourth-order valence-corrected chi connectivity index (χ4v) is 1.03. The number of hydrogen-bond donors (Lipinski definition) is 0. The molecule has 0 aromatic carbocycles. The second kappa shape index (κ2) is 2.59. The van der Waals surface area contributed by atoms with Gasteiger partial charge in [-0.3, -0.25) is 0 Å². The van der Waals surface area contributed by atoms with Gasteiger partial charge in [0.25, 0.3) is 0 Å². The molecule has 0 saturated carbocycles. The molecule has 1 heteroatoms. The largest absolute Gasteiger partial charge is 0.378 e. The highest BCUT2D eigenvalue weighted by molar-refractivity contribution is 5.20. The summed E-state index contributed by atoms with van der Waals surface area (Å²) in [6.07, 6.45) is 8.43. The van der Waals surface area contributed by atoms with E-state index in [9.17, 15) is 0 Å². The van der Waals surface area contributed by atoms with Crippen LogP contribution in [0, 0.1) is 5.92 Å². The van der Waals surface area contributed by atoms with Gasteiger partial charge in [-0.25, -0.2) is 0 Å². The quantitative estimate of drug-likeness (QED) is 0.568. The Morgan fingerprint density at radius 2 is 1.70 bits per heavy atom. The topological polar surface area (TPSA) is 9.23 Å². The number of rotatable bonds is 2. The molecule has 1 nitrogen and oxygen atoms in total. The van der Waals surface area contributed by atoms with Crippen LogP contribution in [0.5, 0.6) is 0 Å². The summed E-state index contributed by atoms with van der Waals surface area (Å²) < 4.78 is 5.32. The van der Waals surface area contributed by atoms with E-state index < -0.39 is 0 Å². The van der Waals surface area contributed by atoms with Crippen LogP contribution in [-0.4, -0.2) is 12.7 Å². The molecule has 0 radical (unpaired) electrons. The van der Waals surface area contributed by atoms with E-state index in [0.29, 0.717) is 5.92 Å². The van der Waals surface area contributed by atoms with E-state index in [4.69, 9.17) is 4.74 Å². The van der Waals surface area contributed by atoms with Crippen molar-refractivity contribution in [1.82, 2.24) is 0 Å². The summed E-state index contributed by atoms with van der Waals surface area (Å²) >= 11 is 0. The maximum absolute atomic E-state index is 5.32. The first-order valence-corrected chi connectivity index (χ1v) is 3.57. The van der Waals surface area contributed by atoms with Gasteiger partial charge in [-0.15, -0.1) is 0 Å². The third-order valence-corrected chi connectivity index (χ3v) is 2.08. The Kier molecular flexibility index (Phi) is 1.95. The van der Waals surface area contributed by atoms with E-state index in [1.165, 1.54) is 0 Å². The van der Waals surface area contributed by atoms with Crippen molar-refractivity contribution < 1.29 is 4.74 Å². The van der Waals surface area contributed by atoms with Crippen molar-refractivity contribution in [3.63, 3.8) is 0 Å². The summed E-state index contributed by atoms with van der Waals surface area (Å²) in [7, 11) is 1.75. The van der Waals surface area contributed by atoms with Crippen molar-refractivity contribution in [1.29, 1.82) is 0 Å². The van der Waals surface area contributed by atoms with E-state index in [0.717, 1.165) is 0 Å². The third kappa shape index (κ3) is 1.29. The predicted octanol–water partition coefficient (Wildman–Crippen LogP) is 2.15. The van der Waals surface area contributed by atoms with Crippen LogP contribution in [0.2, 0.25) is 0 Å². The van der Waals surface area contributed by atoms with Gasteiger partial charge in [-0.2, -0.15) is 0 Å². The second-order valence-corrected chi connectivity index (χ2v) is 3.10. The van der Waals surface area contributed by atoms with Crippen LogP contribution < -0.4 is 0 Å². The molecule has 0 fully saturated rings. The molecule has 0 aromatic rings. The number of allylic oxidation sites excluding steroid dienone is 2. The van der Waals surface area contributed by atoms with Crippen molar-refractivity contribution in [2.24, 2.45) is 5.92 Å². The van der Waals surface area contributed by atoms with Crippen molar-refractivity contribution in [2.45, 2.75) is 19.4 Å². The minimum Gasteiger partial charge on any atom is -0.378 e. The maximum atomic E-state index is 5.32. The van der Waals surface area contributed by atoms with E-state index in [1.54, 1.807) is 7.11 Å². The molecule has 0 amide bonds. The first-order chi connectivity index (χ1) is 4.67. The molecular weight excluding hydrogens is 124 g/mol. The van der Waals surface area contributed by atoms with Gasteiger partial charge in [0.1, 0.15) is 0 Å². The Balaban J connectivity index is 2.64. The second-order valence-electron chi connectivity index (χ2n) is 3.10. The molecule has 1 rings (SSSR count). The van der Waals surface area contributed by atoms with Gasteiger partial charge in [-0.05, 0) is 13.8 Å². The van der Waals surface area contributed by atoms with Crippen LogP contribution in [0.3, 0.4) is 0 Å². The molecule has 0 saturated heterocycles. The van der Waals surface area contributed by atoms with Crippen molar-refractivity contribution in [2.75, 3.05) is 7.11 Å². The smallest absolute Gasteiger partial charge is 0.0719 e. The van der Waals surface area contributed by atoms with Gasteiger partial charge in [0.2, 0.25) is 0 Å². The molecule has 0 bridgehead atoms. The standard InChI is InChI=1S/C9H14O/c1-9(2,10-3)8-6-4-5-7-8/h4-8H,1-3H3. The summed E-state index contributed by atoms with van der Waals surface area (Å²) in [5, 5.41) is 0. The summed E-state index contributed by atoms with van der Waals surface area (Å²) in [6.45, 7) is 4.19. The number of methoxy groups -OCH3 is 1. The summed E-state index contributed by atoms with van der Waals surface area (Å²) in [5.41, 5.74) is -0.0521. The van der Waals surface area contributed by atoms with E-state index in [-0.39, 0.29) is 5.60 Å². The van der Waals surface area contributed by atoms with Crippen LogP contribution in [0.4, 0.5) is 0 Å². The van der Waals surface area contributed by atoms with Crippen molar-refractivity contribution in [3.05, 3.63) is 24.3 Å². The monoisotopic (exact) mass is 138 g/mol.